The van der Waals surface area contributed by atoms with E-state index in [1.165, 1.54) is 11.0 Å². The first-order chi connectivity index (χ1) is 6.10. The van der Waals surface area contributed by atoms with E-state index < -0.39 is 5.54 Å². The van der Waals surface area contributed by atoms with Crippen LogP contribution in [0.5, 0.6) is 0 Å². The molecule has 0 unspecified atom stereocenters. The minimum atomic E-state index is -0.567. The number of hydrogen-bond acceptors (Lipinski definition) is 3. The largest absolute Gasteiger partial charge is 0.394 e. The van der Waals surface area contributed by atoms with Gasteiger partial charge in [0, 0.05) is 11.6 Å². The second-order valence-electron chi connectivity index (χ2n) is 3.69. The Hall–Kier alpha value is -1.16. The lowest BCUT2D eigenvalue weighted by molar-refractivity contribution is -0.142. The average Bonchev–Trinajstić information content (AvgIpc) is 2.81. The van der Waals surface area contributed by atoms with E-state index in [4.69, 9.17) is 5.11 Å². The third-order valence-electron chi connectivity index (χ3n) is 2.70. The third-order valence-corrected chi connectivity index (χ3v) is 2.70. The third kappa shape index (κ3) is 1.02. The molecule has 2 rings (SSSR count). The zero-order valence-electron chi connectivity index (χ0n) is 7.41. The standard InChI is InChI=1S/C9H11NO3/c1-6-4-7(12)10(8(6)13)9(5-11)2-3-9/h4,11H,2-3,5H2,1H3. The number of aliphatic hydroxyl groups is 1. The maximum absolute atomic E-state index is 11.5. The van der Waals surface area contributed by atoms with Crippen molar-refractivity contribution >= 4 is 11.8 Å². The Morgan fingerprint density at radius 3 is 2.46 bits per heavy atom. The van der Waals surface area contributed by atoms with Crippen molar-refractivity contribution in [2.24, 2.45) is 0 Å². The molecule has 2 amide bonds. The fourth-order valence-corrected chi connectivity index (χ4v) is 1.63. The highest BCUT2D eigenvalue weighted by Gasteiger charge is 2.54. The van der Waals surface area contributed by atoms with Crippen LogP contribution in [0.2, 0.25) is 0 Å². The molecule has 1 N–H and O–H groups in total. The Morgan fingerprint density at radius 1 is 1.54 bits per heavy atom. The number of rotatable bonds is 2. The first-order valence-electron chi connectivity index (χ1n) is 4.28. The van der Waals surface area contributed by atoms with Gasteiger partial charge in [0.05, 0.1) is 12.1 Å². The van der Waals surface area contributed by atoms with Gasteiger partial charge in [-0.15, -0.1) is 0 Å². The van der Waals surface area contributed by atoms with Crippen LogP contribution in [-0.4, -0.2) is 34.0 Å². The number of nitrogens with zero attached hydrogens (tertiary/aromatic N) is 1. The maximum atomic E-state index is 11.5. The van der Waals surface area contributed by atoms with E-state index in [1.807, 2.05) is 0 Å². The summed E-state index contributed by atoms with van der Waals surface area (Å²) in [5, 5.41) is 9.07. The highest BCUT2D eigenvalue weighted by molar-refractivity contribution is 6.16. The first-order valence-corrected chi connectivity index (χ1v) is 4.28. The van der Waals surface area contributed by atoms with Crippen LogP contribution < -0.4 is 0 Å². The minimum Gasteiger partial charge on any atom is -0.394 e. The van der Waals surface area contributed by atoms with Crippen LogP contribution in [0.1, 0.15) is 19.8 Å². The lowest BCUT2D eigenvalue weighted by Crippen LogP contribution is -2.44. The molecule has 0 atom stereocenters. The molecule has 0 aromatic rings. The van der Waals surface area contributed by atoms with Crippen molar-refractivity contribution < 1.29 is 14.7 Å². The van der Waals surface area contributed by atoms with Crippen LogP contribution in [0.3, 0.4) is 0 Å². The summed E-state index contributed by atoms with van der Waals surface area (Å²) in [7, 11) is 0. The quantitative estimate of drug-likeness (QED) is 0.601. The molecule has 0 aromatic carbocycles. The highest BCUT2D eigenvalue weighted by atomic mass is 16.3. The molecule has 0 spiro atoms. The van der Waals surface area contributed by atoms with Crippen LogP contribution in [0, 0.1) is 0 Å². The second-order valence-corrected chi connectivity index (χ2v) is 3.69. The Labute approximate surface area is 75.8 Å². The van der Waals surface area contributed by atoms with Gasteiger partial charge in [0.2, 0.25) is 0 Å². The minimum absolute atomic E-state index is 0.119. The van der Waals surface area contributed by atoms with E-state index in [9.17, 15) is 9.59 Å². The molecule has 4 nitrogen and oxygen atoms in total. The normalized spacial score (nSPS) is 25.1. The lowest BCUT2D eigenvalue weighted by Gasteiger charge is -2.23. The molecular weight excluding hydrogens is 170 g/mol. The molecule has 0 radical (unpaired) electrons. The molecule has 1 aliphatic carbocycles. The van der Waals surface area contributed by atoms with Gasteiger partial charge in [0.15, 0.2) is 0 Å². The van der Waals surface area contributed by atoms with Crippen LogP contribution in [0.25, 0.3) is 0 Å². The number of carbonyl (C=O) groups is 2. The van der Waals surface area contributed by atoms with Gasteiger partial charge in [-0.25, -0.2) is 0 Å². The van der Waals surface area contributed by atoms with Crippen molar-refractivity contribution in [3.05, 3.63) is 11.6 Å². The fourth-order valence-electron chi connectivity index (χ4n) is 1.63. The molecule has 1 saturated carbocycles. The number of aliphatic hydroxyl groups excluding tert-OH is 1. The summed E-state index contributed by atoms with van der Waals surface area (Å²) in [6.07, 6.45) is 2.78. The van der Waals surface area contributed by atoms with Crippen LogP contribution in [0.4, 0.5) is 0 Å². The molecular formula is C9H11NO3. The molecule has 1 aliphatic heterocycles. The molecule has 0 aromatic heterocycles. The molecule has 1 heterocycles. The average molecular weight is 181 g/mol. The zero-order chi connectivity index (χ0) is 9.64. The van der Waals surface area contributed by atoms with Gasteiger partial charge >= 0.3 is 0 Å². The van der Waals surface area contributed by atoms with Crippen LogP contribution in [0.15, 0.2) is 11.6 Å². The summed E-state index contributed by atoms with van der Waals surface area (Å²) in [5.74, 6) is -0.536. The van der Waals surface area contributed by atoms with Crippen molar-refractivity contribution in [1.29, 1.82) is 0 Å². The Morgan fingerprint density at radius 2 is 2.15 bits per heavy atom. The number of amides is 2. The van der Waals surface area contributed by atoms with Crippen molar-refractivity contribution in [1.82, 2.24) is 4.90 Å². The van der Waals surface area contributed by atoms with Gasteiger partial charge in [0.25, 0.3) is 11.8 Å². The summed E-state index contributed by atoms with van der Waals surface area (Å²) in [5.41, 5.74) is -0.104. The molecule has 1 fully saturated rings. The summed E-state index contributed by atoms with van der Waals surface area (Å²) >= 11 is 0. The Balaban J connectivity index is 2.28. The summed E-state index contributed by atoms with van der Waals surface area (Å²) < 4.78 is 0. The van der Waals surface area contributed by atoms with Gasteiger partial charge in [-0.3, -0.25) is 14.5 Å². The highest BCUT2D eigenvalue weighted by Crippen LogP contribution is 2.43. The van der Waals surface area contributed by atoms with Crippen LogP contribution >= 0.6 is 0 Å². The van der Waals surface area contributed by atoms with Gasteiger partial charge in [-0.2, -0.15) is 0 Å². The number of carbonyl (C=O) groups excluding carboxylic acids is 2. The van der Waals surface area contributed by atoms with E-state index in [0.717, 1.165) is 12.8 Å². The molecule has 70 valence electrons. The summed E-state index contributed by atoms with van der Waals surface area (Å²) in [6, 6.07) is 0. The topological polar surface area (TPSA) is 57.6 Å². The van der Waals surface area contributed by atoms with E-state index in [0.29, 0.717) is 5.57 Å². The first kappa shape index (κ1) is 8.44. The molecule has 2 aliphatic rings. The molecule has 4 heteroatoms. The predicted octanol–water partition coefficient (Wildman–Crippen LogP) is -0.174. The lowest BCUT2D eigenvalue weighted by atomic mass is 10.2. The van der Waals surface area contributed by atoms with E-state index in [2.05, 4.69) is 0 Å². The second kappa shape index (κ2) is 2.42. The summed E-state index contributed by atoms with van der Waals surface area (Å²) in [6.45, 7) is 1.50. The fraction of sp³-hybridized carbons (Fsp3) is 0.556. The molecule has 0 saturated heterocycles. The predicted molar refractivity (Wildman–Crippen MR) is 44.7 cm³/mol. The van der Waals surface area contributed by atoms with Crippen molar-refractivity contribution in [2.45, 2.75) is 25.3 Å². The van der Waals surface area contributed by atoms with Crippen molar-refractivity contribution in [3.8, 4) is 0 Å². The summed E-state index contributed by atoms with van der Waals surface area (Å²) in [4.78, 5) is 24.0. The maximum Gasteiger partial charge on any atom is 0.257 e. The Kier molecular flexibility index (Phi) is 1.57. The molecule has 0 bridgehead atoms. The SMILES string of the molecule is CC1=CC(=O)N(C2(CO)CC2)C1=O. The van der Waals surface area contributed by atoms with Gasteiger partial charge in [0.1, 0.15) is 0 Å². The van der Waals surface area contributed by atoms with Gasteiger partial charge in [-0.05, 0) is 19.8 Å². The smallest absolute Gasteiger partial charge is 0.257 e. The van der Waals surface area contributed by atoms with Crippen molar-refractivity contribution in [3.63, 3.8) is 0 Å². The van der Waals surface area contributed by atoms with E-state index in [1.54, 1.807) is 6.92 Å². The zero-order valence-corrected chi connectivity index (χ0v) is 7.41. The number of imide groups is 1. The van der Waals surface area contributed by atoms with E-state index in [-0.39, 0.29) is 18.4 Å². The Bertz CT molecular complexity index is 315. The van der Waals surface area contributed by atoms with Gasteiger partial charge in [-0.1, -0.05) is 0 Å². The van der Waals surface area contributed by atoms with Gasteiger partial charge < -0.3 is 5.11 Å². The number of hydrogen-bond donors (Lipinski definition) is 1. The monoisotopic (exact) mass is 181 g/mol. The van der Waals surface area contributed by atoms with Crippen LogP contribution in [-0.2, 0) is 9.59 Å². The van der Waals surface area contributed by atoms with E-state index >= 15 is 0 Å². The van der Waals surface area contributed by atoms with Crippen molar-refractivity contribution in [2.75, 3.05) is 6.61 Å². The molecule has 13 heavy (non-hydrogen) atoms.